The number of thiophene rings is 1. The van der Waals surface area contributed by atoms with Crippen molar-refractivity contribution >= 4 is 29.4 Å². The standard InChI is InChI=1S/C17H16N2O4S/c1-22-14-9-11(10-18-19-16(20)12-5-6-12)4-7-13(14)23-17(21)15-3-2-8-24-15/h2-4,7-10,12H,5-6H2,1H3,(H,19,20)/b18-10-. The zero-order valence-corrected chi connectivity index (χ0v) is 13.8. The average molecular weight is 344 g/mol. The Hall–Kier alpha value is -2.67. The minimum atomic E-state index is -0.429. The van der Waals surface area contributed by atoms with Crippen LogP contribution in [0.2, 0.25) is 0 Å². The fourth-order valence-corrected chi connectivity index (χ4v) is 2.60. The van der Waals surface area contributed by atoms with Gasteiger partial charge in [-0.25, -0.2) is 10.2 Å². The number of carbonyl (C=O) groups excluding carboxylic acids is 2. The SMILES string of the molecule is COc1cc(/C=N\NC(=O)C2CC2)ccc1OC(=O)c1cccs1. The Morgan fingerprint density at radius 3 is 2.79 bits per heavy atom. The first-order chi connectivity index (χ1) is 11.7. The molecule has 0 saturated heterocycles. The first-order valence-electron chi connectivity index (χ1n) is 7.44. The summed E-state index contributed by atoms with van der Waals surface area (Å²) in [4.78, 5) is 24.0. The lowest BCUT2D eigenvalue weighted by molar-refractivity contribution is -0.122. The summed E-state index contributed by atoms with van der Waals surface area (Å²) in [5, 5.41) is 5.73. The molecule has 0 bridgehead atoms. The van der Waals surface area contributed by atoms with Crippen molar-refractivity contribution in [1.29, 1.82) is 0 Å². The molecular formula is C17H16N2O4S. The second-order valence-corrected chi connectivity index (χ2v) is 6.23. The van der Waals surface area contributed by atoms with Crippen LogP contribution in [-0.4, -0.2) is 25.2 Å². The average Bonchev–Trinajstić information content (AvgIpc) is 3.30. The molecule has 1 saturated carbocycles. The number of rotatable bonds is 6. The van der Waals surface area contributed by atoms with Crippen LogP contribution in [0.15, 0.2) is 40.8 Å². The molecule has 1 aliphatic carbocycles. The largest absolute Gasteiger partial charge is 0.493 e. The van der Waals surface area contributed by atoms with Crippen molar-refractivity contribution in [1.82, 2.24) is 5.43 Å². The molecule has 24 heavy (non-hydrogen) atoms. The van der Waals surface area contributed by atoms with Crippen LogP contribution in [-0.2, 0) is 4.79 Å². The van der Waals surface area contributed by atoms with Crippen molar-refractivity contribution in [2.45, 2.75) is 12.8 Å². The molecule has 3 rings (SSSR count). The Morgan fingerprint density at radius 1 is 1.29 bits per heavy atom. The summed E-state index contributed by atoms with van der Waals surface area (Å²) in [7, 11) is 1.49. The van der Waals surface area contributed by atoms with Crippen LogP contribution in [0.5, 0.6) is 11.5 Å². The summed E-state index contributed by atoms with van der Waals surface area (Å²) < 4.78 is 10.6. The molecule has 0 unspecified atom stereocenters. The normalized spacial score (nSPS) is 13.7. The molecule has 124 valence electrons. The highest BCUT2D eigenvalue weighted by Crippen LogP contribution is 2.29. The van der Waals surface area contributed by atoms with Gasteiger partial charge in [-0.05, 0) is 48.1 Å². The van der Waals surface area contributed by atoms with Crippen molar-refractivity contribution < 1.29 is 19.1 Å². The highest BCUT2D eigenvalue weighted by atomic mass is 32.1. The molecule has 0 spiro atoms. The number of amides is 1. The maximum Gasteiger partial charge on any atom is 0.353 e. The van der Waals surface area contributed by atoms with Gasteiger partial charge in [0.2, 0.25) is 5.91 Å². The lowest BCUT2D eigenvalue weighted by Gasteiger charge is -2.09. The van der Waals surface area contributed by atoms with Crippen LogP contribution in [0.4, 0.5) is 0 Å². The predicted molar refractivity (Wildman–Crippen MR) is 90.7 cm³/mol. The fourth-order valence-electron chi connectivity index (χ4n) is 2.00. The lowest BCUT2D eigenvalue weighted by atomic mass is 10.2. The number of ether oxygens (including phenoxy) is 2. The Morgan fingerprint density at radius 2 is 2.12 bits per heavy atom. The summed E-state index contributed by atoms with van der Waals surface area (Å²) in [5.41, 5.74) is 3.22. The minimum Gasteiger partial charge on any atom is -0.493 e. The zero-order valence-electron chi connectivity index (χ0n) is 13.0. The van der Waals surface area contributed by atoms with Crippen molar-refractivity contribution in [3.05, 3.63) is 46.2 Å². The number of benzene rings is 1. The molecule has 1 fully saturated rings. The summed E-state index contributed by atoms with van der Waals surface area (Å²) in [6, 6.07) is 8.53. The topological polar surface area (TPSA) is 77.0 Å². The zero-order chi connectivity index (χ0) is 16.9. The van der Waals surface area contributed by atoms with E-state index < -0.39 is 5.97 Å². The third-order valence-electron chi connectivity index (χ3n) is 3.45. The van der Waals surface area contributed by atoms with Crippen LogP contribution in [0.3, 0.4) is 0 Å². The number of esters is 1. The molecule has 2 aromatic rings. The summed E-state index contributed by atoms with van der Waals surface area (Å²) in [6.07, 6.45) is 3.38. The van der Waals surface area contributed by atoms with E-state index >= 15 is 0 Å². The Balaban J connectivity index is 1.67. The molecule has 7 heteroatoms. The Kier molecular flexibility index (Phi) is 4.90. The number of methoxy groups -OCH3 is 1. The van der Waals surface area contributed by atoms with Crippen LogP contribution < -0.4 is 14.9 Å². The van der Waals surface area contributed by atoms with E-state index in [0.29, 0.717) is 16.4 Å². The molecule has 0 radical (unpaired) electrons. The molecule has 1 aliphatic rings. The number of hydrazone groups is 1. The van der Waals surface area contributed by atoms with E-state index in [1.165, 1.54) is 24.7 Å². The highest BCUT2D eigenvalue weighted by Gasteiger charge is 2.29. The van der Waals surface area contributed by atoms with Gasteiger partial charge in [0, 0.05) is 5.92 Å². The van der Waals surface area contributed by atoms with E-state index in [1.807, 2.05) is 5.38 Å². The van der Waals surface area contributed by atoms with Gasteiger partial charge in [0.15, 0.2) is 11.5 Å². The van der Waals surface area contributed by atoms with Crippen molar-refractivity contribution in [2.24, 2.45) is 11.0 Å². The maximum absolute atomic E-state index is 12.0. The molecule has 1 aromatic carbocycles. The van der Waals surface area contributed by atoms with E-state index in [2.05, 4.69) is 10.5 Å². The van der Waals surface area contributed by atoms with Gasteiger partial charge in [-0.15, -0.1) is 11.3 Å². The smallest absolute Gasteiger partial charge is 0.353 e. The highest BCUT2D eigenvalue weighted by molar-refractivity contribution is 7.12. The predicted octanol–water partition coefficient (Wildman–Crippen LogP) is 2.84. The second kappa shape index (κ2) is 7.27. The van der Waals surface area contributed by atoms with Gasteiger partial charge in [-0.1, -0.05) is 6.07 Å². The van der Waals surface area contributed by atoms with Gasteiger partial charge < -0.3 is 9.47 Å². The summed E-state index contributed by atoms with van der Waals surface area (Å²) in [5.74, 6) is 0.365. The third-order valence-corrected chi connectivity index (χ3v) is 4.30. The summed E-state index contributed by atoms with van der Waals surface area (Å²) in [6.45, 7) is 0. The van der Waals surface area contributed by atoms with Gasteiger partial charge in [0.05, 0.1) is 13.3 Å². The van der Waals surface area contributed by atoms with Gasteiger partial charge in [0.25, 0.3) is 0 Å². The molecular weight excluding hydrogens is 328 g/mol. The van der Waals surface area contributed by atoms with E-state index in [9.17, 15) is 9.59 Å². The van der Waals surface area contributed by atoms with Gasteiger partial charge in [-0.2, -0.15) is 5.10 Å². The Labute approximate surface area is 143 Å². The van der Waals surface area contributed by atoms with Crippen LogP contribution in [0.25, 0.3) is 0 Å². The first-order valence-corrected chi connectivity index (χ1v) is 8.32. The van der Waals surface area contributed by atoms with Crippen LogP contribution in [0, 0.1) is 5.92 Å². The number of hydrogen-bond donors (Lipinski definition) is 1. The van der Waals surface area contributed by atoms with Crippen LogP contribution in [0.1, 0.15) is 28.1 Å². The monoisotopic (exact) mass is 344 g/mol. The summed E-state index contributed by atoms with van der Waals surface area (Å²) >= 11 is 1.31. The fraction of sp³-hybridized carbons (Fsp3) is 0.235. The number of carbonyl (C=O) groups is 2. The minimum absolute atomic E-state index is 0.0558. The molecule has 1 N–H and O–H groups in total. The van der Waals surface area contributed by atoms with E-state index in [4.69, 9.17) is 9.47 Å². The van der Waals surface area contributed by atoms with Gasteiger partial charge >= 0.3 is 5.97 Å². The molecule has 0 atom stereocenters. The quantitative estimate of drug-likeness (QED) is 0.378. The number of hydrogen-bond acceptors (Lipinski definition) is 6. The second-order valence-electron chi connectivity index (χ2n) is 5.29. The Bertz CT molecular complexity index is 767. The number of nitrogens with zero attached hydrogens (tertiary/aromatic N) is 1. The van der Waals surface area contributed by atoms with Crippen molar-refractivity contribution in [2.75, 3.05) is 7.11 Å². The van der Waals surface area contributed by atoms with E-state index in [1.54, 1.807) is 30.3 Å². The van der Waals surface area contributed by atoms with Crippen molar-refractivity contribution in [3.63, 3.8) is 0 Å². The maximum atomic E-state index is 12.0. The van der Waals surface area contributed by atoms with Crippen molar-refractivity contribution in [3.8, 4) is 11.5 Å². The molecule has 1 heterocycles. The molecule has 1 aromatic heterocycles. The molecule has 6 nitrogen and oxygen atoms in total. The lowest BCUT2D eigenvalue weighted by Crippen LogP contribution is -2.18. The van der Waals surface area contributed by atoms with Crippen LogP contribution >= 0.6 is 11.3 Å². The van der Waals surface area contributed by atoms with E-state index in [-0.39, 0.29) is 11.8 Å². The first kappa shape index (κ1) is 16.2. The third kappa shape index (κ3) is 3.99. The van der Waals surface area contributed by atoms with E-state index in [0.717, 1.165) is 18.4 Å². The van der Waals surface area contributed by atoms with Gasteiger partial charge in [-0.3, -0.25) is 4.79 Å². The number of nitrogens with one attached hydrogen (secondary N) is 1. The molecule has 0 aliphatic heterocycles. The van der Waals surface area contributed by atoms with Gasteiger partial charge in [0.1, 0.15) is 4.88 Å². The molecule has 1 amide bonds.